The Morgan fingerprint density at radius 2 is 1.55 bits per heavy atom. The van der Waals surface area contributed by atoms with Gasteiger partial charge in [-0.15, -0.1) is 0 Å². The molecule has 1 fully saturated rings. The van der Waals surface area contributed by atoms with Crippen LogP contribution in [0.5, 0.6) is 0 Å². The van der Waals surface area contributed by atoms with E-state index in [2.05, 4.69) is 34.1 Å². The summed E-state index contributed by atoms with van der Waals surface area (Å²) in [5.41, 5.74) is 4.86. The molecule has 0 radical (unpaired) electrons. The molecular weight excluding hydrogens is 386 g/mol. The third kappa shape index (κ3) is 3.11. The molecule has 1 aliphatic heterocycles. The zero-order valence-corrected chi connectivity index (χ0v) is 17.3. The summed E-state index contributed by atoms with van der Waals surface area (Å²) in [4.78, 5) is 26.6. The largest absolute Gasteiger partial charge is 0.333 e. The van der Waals surface area contributed by atoms with Gasteiger partial charge in [0.2, 0.25) is 0 Å². The lowest BCUT2D eigenvalue weighted by Gasteiger charge is -2.13. The van der Waals surface area contributed by atoms with Gasteiger partial charge in [-0.2, -0.15) is 0 Å². The van der Waals surface area contributed by atoms with E-state index in [9.17, 15) is 9.59 Å². The second-order valence-corrected chi connectivity index (χ2v) is 7.62. The van der Waals surface area contributed by atoms with Crippen molar-refractivity contribution in [1.29, 1.82) is 0 Å². The van der Waals surface area contributed by atoms with Gasteiger partial charge < -0.3 is 9.88 Å². The van der Waals surface area contributed by atoms with E-state index < -0.39 is 6.03 Å². The lowest BCUT2D eigenvalue weighted by Crippen LogP contribution is -2.30. The summed E-state index contributed by atoms with van der Waals surface area (Å²) in [6.45, 7) is 4.07. The van der Waals surface area contributed by atoms with Crippen molar-refractivity contribution in [2.45, 2.75) is 13.8 Å². The van der Waals surface area contributed by atoms with E-state index in [0.29, 0.717) is 5.69 Å². The molecule has 1 saturated heterocycles. The van der Waals surface area contributed by atoms with E-state index in [4.69, 9.17) is 0 Å². The number of rotatable bonds is 3. The van der Waals surface area contributed by atoms with Crippen molar-refractivity contribution >= 4 is 34.5 Å². The number of para-hydroxylation sites is 1. The molecule has 0 atom stereocenters. The molecule has 5 nitrogen and oxygen atoms in total. The summed E-state index contributed by atoms with van der Waals surface area (Å²) in [6, 6.07) is 25.1. The van der Waals surface area contributed by atoms with Gasteiger partial charge in [0.05, 0.1) is 11.4 Å². The SMILES string of the molecule is Cc1cc(C=C2NC(=O)N(c3ccccc3)C2=O)c(C)n1-c1cccc2ccccc12. The Hall–Kier alpha value is -4.12. The Labute approximate surface area is 180 Å². The number of carbonyl (C=O) groups excluding carboxylic acids is 2. The summed E-state index contributed by atoms with van der Waals surface area (Å²) in [6.07, 6.45) is 1.76. The van der Waals surface area contributed by atoms with Crippen molar-refractivity contribution in [3.05, 3.63) is 102 Å². The van der Waals surface area contributed by atoms with Crippen molar-refractivity contribution in [2.24, 2.45) is 0 Å². The van der Waals surface area contributed by atoms with Crippen LogP contribution in [0, 0.1) is 13.8 Å². The van der Waals surface area contributed by atoms with Crippen LogP contribution in [0.2, 0.25) is 0 Å². The minimum Gasteiger partial charge on any atom is -0.317 e. The van der Waals surface area contributed by atoms with Crippen molar-refractivity contribution in [3.63, 3.8) is 0 Å². The first-order valence-electron chi connectivity index (χ1n) is 10.1. The summed E-state index contributed by atoms with van der Waals surface area (Å²) >= 11 is 0. The lowest BCUT2D eigenvalue weighted by atomic mass is 10.1. The second kappa shape index (κ2) is 7.29. The number of nitrogens with zero attached hydrogens (tertiary/aromatic N) is 2. The fraction of sp³-hybridized carbons (Fsp3) is 0.0769. The highest BCUT2D eigenvalue weighted by molar-refractivity contribution is 6.28. The minimum atomic E-state index is -0.440. The quantitative estimate of drug-likeness (QED) is 0.368. The molecule has 0 spiro atoms. The minimum absolute atomic E-state index is 0.270. The van der Waals surface area contributed by atoms with Crippen LogP contribution in [-0.4, -0.2) is 16.5 Å². The average Bonchev–Trinajstić information content (AvgIpc) is 3.22. The molecule has 1 N–H and O–H groups in total. The Morgan fingerprint density at radius 1 is 0.839 bits per heavy atom. The number of hydrogen-bond acceptors (Lipinski definition) is 2. The molecule has 3 aromatic carbocycles. The summed E-state index contributed by atoms with van der Waals surface area (Å²) in [5, 5.41) is 5.04. The number of fused-ring (bicyclic) bond motifs is 1. The first kappa shape index (κ1) is 18.9. The molecule has 152 valence electrons. The van der Waals surface area contributed by atoms with Gasteiger partial charge in [-0.1, -0.05) is 54.6 Å². The van der Waals surface area contributed by atoms with Gasteiger partial charge in [0.1, 0.15) is 5.70 Å². The molecule has 5 rings (SSSR count). The average molecular weight is 407 g/mol. The first-order valence-corrected chi connectivity index (χ1v) is 10.1. The van der Waals surface area contributed by atoms with Crippen LogP contribution >= 0.6 is 0 Å². The number of aromatic nitrogens is 1. The van der Waals surface area contributed by atoms with Gasteiger partial charge in [-0.05, 0) is 55.1 Å². The monoisotopic (exact) mass is 407 g/mol. The normalized spacial score (nSPS) is 15.2. The molecule has 1 aliphatic rings. The highest BCUT2D eigenvalue weighted by Gasteiger charge is 2.35. The van der Waals surface area contributed by atoms with Gasteiger partial charge >= 0.3 is 6.03 Å². The van der Waals surface area contributed by atoms with Crippen molar-refractivity contribution in [1.82, 2.24) is 9.88 Å². The third-order valence-corrected chi connectivity index (χ3v) is 5.67. The Balaban J connectivity index is 1.57. The third-order valence-electron chi connectivity index (χ3n) is 5.67. The van der Waals surface area contributed by atoms with Crippen LogP contribution in [0.1, 0.15) is 17.0 Å². The maximum absolute atomic E-state index is 12.9. The number of amides is 3. The molecule has 4 aromatic rings. The van der Waals surface area contributed by atoms with Gasteiger partial charge in [0, 0.05) is 16.8 Å². The van der Waals surface area contributed by atoms with Crippen LogP contribution in [0.4, 0.5) is 10.5 Å². The standard InChI is InChI=1S/C26H21N3O2/c1-17-15-20(16-23-25(30)29(26(31)27-23)21-11-4-3-5-12-21)18(2)28(17)24-14-8-10-19-9-6-7-13-22(19)24/h3-16H,1-2H3,(H,27,31). The van der Waals surface area contributed by atoms with Gasteiger partial charge in [0.15, 0.2) is 0 Å². The molecule has 2 heterocycles. The van der Waals surface area contributed by atoms with Crippen molar-refractivity contribution in [3.8, 4) is 5.69 Å². The van der Waals surface area contributed by atoms with Crippen LogP contribution in [-0.2, 0) is 4.79 Å². The Bertz CT molecular complexity index is 1360. The number of anilines is 1. The van der Waals surface area contributed by atoms with E-state index in [1.54, 1.807) is 30.3 Å². The number of imide groups is 1. The van der Waals surface area contributed by atoms with Crippen molar-refractivity contribution < 1.29 is 9.59 Å². The van der Waals surface area contributed by atoms with Gasteiger partial charge in [-0.3, -0.25) is 4.79 Å². The van der Waals surface area contributed by atoms with E-state index in [0.717, 1.165) is 32.9 Å². The maximum Gasteiger partial charge on any atom is 0.333 e. The number of aryl methyl sites for hydroxylation is 1. The molecule has 1 aromatic heterocycles. The van der Waals surface area contributed by atoms with E-state index in [1.165, 1.54) is 5.39 Å². The number of hydrogen-bond donors (Lipinski definition) is 1. The molecule has 0 aliphatic carbocycles. The highest BCUT2D eigenvalue weighted by Crippen LogP contribution is 2.29. The Morgan fingerprint density at radius 3 is 2.35 bits per heavy atom. The predicted octanol–water partition coefficient (Wildman–Crippen LogP) is 5.34. The van der Waals surface area contributed by atoms with Crippen molar-refractivity contribution in [2.75, 3.05) is 4.90 Å². The number of nitrogens with one attached hydrogen (secondary N) is 1. The van der Waals surface area contributed by atoms with Crippen LogP contribution in [0.3, 0.4) is 0 Å². The maximum atomic E-state index is 12.9. The predicted molar refractivity (Wildman–Crippen MR) is 123 cm³/mol. The second-order valence-electron chi connectivity index (χ2n) is 7.62. The molecule has 0 bridgehead atoms. The first-order chi connectivity index (χ1) is 15.0. The molecule has 0 saturated carbocycles. The van der Waals surface area contributed by atoms with Gasteiger partial charge in [-0.25, -0.2) is 9.69 Å². The Kier molecular flexibility index (Phi) is 4.44. The summed E-state index contributed by atoms with van der Waals surface area (Å²) in [5.74, 6) is -0.355. The van der Waals surface area contributed by atoms with Crippen LogP contribution in [0.25, 0.3) is 22.5 Å². The van der Waals surface area contributed by atoms with Gasteiger partial charge in [0.25, 0.3) is 5.91 Å². The lowest BCUT2D eigenvalue weighted by molar-refractivity contribution is -0.113. The zero-order chi connectivity index (χ0) is 21.5. The van der Waals surface area contributed by atoms with Crippen LogP contribution in [0.15, 0.2) is 84.6 Å². The fourth-order valence-electron chi connectivity index (χ4n) is 4.21. The molecule has 3 amide bonds. The molecular formula is C26H21N3O2. The molecule has 5 heteroatoms. The number of benzene rings is 3. The number of carbonyl (C=O) groups is 2. The molecule has 31 heavy (non-hydrogen) atoms. The number of urea groups is 1. The van der Waals surface area contributed by atoms with E-state index in [-0.39, 0.29) is 11.6 Å². The zero-order valence-electron chi connectivity index (χ0n) is 17.3. The van der Waals surface area contributed by atoms with Crippen LogP contribution < -0.4 is 10.2 Å². The summed E-state index contributed by atoms with van der Waals surface area (Å²) < 4.78 is 2.19. The van der Waals surface area contributed by atoms with E-state index >= 15 is 0 Å². The smallest absolute Gasteiger partial charge is 0.317 e. The molecule has 0 unspecified atom stereocenters. The fourth-order valence-corrected chi connectivity index (χ4v) is 4.21. The van der Waals surface area contributed by atoms with E-state index in [1.807, 2.05) is 44.2 Å². The summed E-state index contributed by atoms with van der Waals surface area (Å²) in [7, 11) is 0. The highest BCUT2D eigenvalue weighted by atomic mass is 16.2. The topological polar surface area (TPSA) is 54.3 Å².